The zero-order valence-corrected chi connectivity index (χ0v) is 12.8. The summed E-state index contributed by atoms with van der Waals surface area (Å²) in [5.41, 5.74) is 0.571. The summed E-state index contributed by atoms with van der Waals surface area (Å²) < 4.78 is 25.6. The molecule has 21 heavy (non-hydrogen) atoms. The van der Waals surface area contributed by atoms with Gasteiger partial charge in [-0.05, 0) is 18.2 Å². The van der Waals surface area contributed by atoms with Gasteiger partial charge in [0, 0.05) is 5.56 Å². The third-order valence-corrected chi connectivity index (χ3v) is 5.44. The van der Waals surface area contributed by atoms with Crippen molar-refractivity contribution in [3.05, 3.63) is 57.8 Å². The predicted octanol–water partition coefficient (Wildman–Crippen LogP) is 2.73. The average molecular weight is 343 g/mol. The smallest absolute Gasteiger partial charge is 0.268 e. The highest BCUT2D eigenvalue weighted by atomic mass is 35.5. The molecule has 0 radical (unpaired) electrons. The molecule has 0 atom stereocenters. The summed E-state index contributed by atoms with van der Waals surface area (Å²) in [5.74, 6) is -0.573. The zero-order chi connectivity index (χ0) is 15.2. The van der Waals surface area contributed by atoms with Crippen molar-refractivity contribution in [2.24, 2.45) is 0 Å². The summed E-state index contributed by atoms with van der Waals surface area (Å²) in [6, 6.07) is 9.12. The van der Waals surface area contributed by atoms with Crippen molar-refractivity contribution in [1.29, 1.82) is 0 Å². The molecule has 1 aliphatic rings. The number of hydrogen-bond donors (Lipinski definition) is 0. The molecule has 0 aliphatic carbocycles. The average Bonchev–Trinajstić information content (AvgIpc) is 2.63. The minimum Gasteiger partial charge on any atom is -0.268 e. The molecule has 1 amide bonds. The Labute approximate surface area is 131 Å². The Balaban J connectivity index is 2.03. The second-order valence-corrected chi connectivity index (χ2v) is 6.97. The number of nitrogens with zero attached hydrogens (tertiary/aromatic N) is 2. The Morgan fingerprint density at radius 2 is 1.81 bits per heavy atom. The van der Waals surface area contributed by atoms with E-state index >= 15 is 0 Å². The lowest BCUT2D eigenvalue weighted by Gasteiger charge is -2.15. The van der Waals surface area contributed by atoms with Gasteiger partial charge in [0.1, 0.15) is 15.2 Å². The third kappa shape index (κ3) is 2.29. The van der Waals surface area contributed by atoms with Crippen LogP contribution in [0.15, 0.2) is 41.3 Å². The van der Waals surface area contributed by atoms with Crippen LogP contribution in [0, 0.1) is 0 Å². The second kappa shape index (κ2) is 4.98. The van der Waals surface area contributed by atoms with Gasteiger partial charge in [0.05, 0.1) is 12.1 Å². The molecular weight excluding hydrogens is 335 g/mol. The molecule has 0 saturated carbocycles. The van der Waals surface area contributed by atoms with Crippen LogP contribution in [0.5, 0.6) is 0 Å². The lowest BCUT2D eigenvalue weighted by Crippen LogP contribution is -2.29. The fourth-order valence-electron chi connectivity index (χ4n) is 2.10. The van der Waals surface area contributed by atoms with Crippen molar-refractivity contribution >= 4 is 39.1 Å². The van der Waals surface area contributed by atoms with E-state index in [1.54, 1.807) is 18.2 Å². The quantitative estimate of drug-likeness (QED) is 0.787. The first-order chi connectivity index (χ1) is 9.91. The minimum absolute atomic E-state index is 0.00745. The normalized spacial score (nSPS) is 16.1. The molecule has 8 heteroatoms. The first kappa shape index (κ1) is 14.3. The number of halogens is 2. The summed E-state index contributed by atoms with van der Waals surface area (Å²) in [5, 5.41) is 0.268. The van der Waals surface area contributed by atoms with Gasteiger partial charge < -0.3 is 0 Å². The van der Waals surface area contributed by atoms with Gasteiger partial charge in [-0.2, -0.15) is 0 Å². The van der Waals surface area contributed by atoms with Crippen molar-refractivity contribution in [2.45, 2.75) is 11.4 Å². The first-order valence-corrected chi connectivity index (χ1v) is 8.08. The van der Waals surface area contributed by atoms with Gasteiger partial charge in [-0.1, -0.05) is 41.4 Å². The Hall–Kier alpha value is -1.63. The minimum atomic E-state index is -3.86. The Bertz CT molecular complexity index is 852. The summed E-state index contributed by atoms with van der Waals surface area (Å²) in [6.07, 6.45) is 0. The van der Waals surface area contributed by atoms with E-state index in [1.165, 1.54) is 18.2 Å². The maximum absolute atomic E-state index is 12.4. The van der Waals surface area contributed by atoms with Gasteiger partial charge in [-0.25, -0.2) is 17.7 Å². The molecule has 3 rings (SSSR count). The molecular formula is C13H8Cl2N2O3S. The molecule has 0 saturated heterocycles. The summed E-state index contributed by atoms with van der Waals surface area (Å²) in [7, 11) is -3.86. The van der Waals surface area contributed by atoms with Crippen molar-refractivity contribution in [1.82, 2.24) is 9.29 Å². The zero-order valence-electron chi connectivity index (χ0n) is 10.5. The first-order valence-electron chi connectivity index (χ1n) is 5.88. The van der Waals surface area contributed by atoms with Crippen molar-refractivity contribution < 1.29 is 13.2 Å². The SMILES string of the molecule is O=C1c2ccccc2S(=O)(=O)N1Cc1ccc(Cl)nc1Cl. The highest BCUT2D eigenvalue weighted by Crippen LogP contribution is 2.32. The number of aromatic nitrogens is 1. The Morgan fingerprint density at radius 1 is 1.10 bits per heavy atom. The van der Waals surface area contributed by atoms with E-state index in [-0.39, 0.29) is 27.3 Å². The van der Waals surface area contributed by atoms with Crippen molar-refractivity contribution in [3.8, 4) is 0 Å². The van der Waals surface area contributed by atoms with E-state index in [9.17, 15) is 13.2 Å². The molecule has 5 nitrogen and oxygen atoms in total. The maximum atomic E-state index is 12.4. The molecule has 1 aromatic carbocycles. The largest absolute Gasteiger partial charge is 0.269 e. The predicted molar refractivity (Wildman–Crippen MR) is 77.8 cm³/mol. The number of hydrogen-bond acceptors (Lipinski definition) is 4. The van der Waals surface area contributed by atoms with E-state index in [0.717, 1.165) is 4.31 Å². The molecule has 0 N–H and O–H groups in total. The third-order valence-electron chi connectivity index (χ3n) is 3.12. The molecule has 0 spiro atoms. The van der Waals surface area contributed by atoms with Crippen LogP contribution in [0.2, 0.25) is 10.3 Å². The van der Waals surface area contributed by atoms with Crippen LogP contribution in [0.25, 0.3) is 0 Å². The van der Waals surface area contributed by atoms with Gasteiger partial charge in [-0.15, -0.1) is 0 Å². The van der Waals surface area contributed by atoms with E-state index in [4.69, 9.17) is 23.2 Å². The van der Waals surface area contributed by atoms with Crippen LogP contribution in [0.4, 0.5) is 0 Å². The van der Waals surface area contributed by atoms with E-state index in [1.807, 2.05) is 0 Å². The number of amides is 1. The van der Waals surface area contributed by atoms with Gasteiger partial charge >= 0.3 is 0 Å². The number of benzene rings is 1. The summed E-state index contributed by atoms with van der Waals surface area (Å²) in [6.45, 7) is -0.182. The number of carbonyl (C=O) groups excluding carboxylic acids is 1. The molecule has 1 aliphatic heterocycles. The summed E-state index contributed by atoms with van der Waals surface area (Å²) >= 11 is 11.6. The van der Waals surface area contributed by atoms with Crippen LogP contribution in [0.3, 0.4) is 0 Å². The van der Waals surface area contributed by atoms with E-state index < -0.39 is 15.9 Å². The number of sulfonamides is 1. The van der Waals surface area contributed by atoms with Crippen molar-refractivity contribution in [2.75, 3.05) is 0 Å². The number of carbonyl (C=O) groups is 1. The van der Waals surface area contributed by atoms with Gasteiger partial charge in [0.15, 0.2) is 0 Å². The molecule has 2 aromatic rings. The van der Waals surface area contributed by atoms with E-state index in [2.05, 4.69) is 4.98 Å². The van der Waals surface area contributed by atoms with E-state index in [0.29, 0.717) is 5.56 Å². The molecule has 0 fully saturated rings. The Morgan fingerprint density at radius 3 is 2.48 bits per heavy atom. The lowest BCUT2D eigenvalue weighted by molar-refractivity contribution is 0.0865. The molecule has 0 bridgehead atoms. The summed E-state index contributed by atoms with van der Waals surface area (Å²) in [4.78, 5) is 16.1. The van der Waals surface area contributed by atoms with Crippen LogP contribution in [-0.2, 0) is 16.6 Å². The molecule has 108 valence electrons. The molecule has 0 unspecified atom stereocenters. The second-order valence-electron chi connectivity index (χ2n) is 4.40. The Kier molecular flexibility index (Phi) is 3.39. The van der Waals surface area contributed by atoms with Gasteiger partial charge in [0.2, 0.25) is 0 Å². The maximum Gasteiger partial charge on any atom is 0.269 e. The monoisotopic (exact) mass is 342 g/mol. The number of pyridine rings is 1. The molecule has 1 aromatic heterocycles. The highest BCUT2D eigenvalue weighted by molar-refractivity contribution is 7.90. The number of fused-ring (bicyclic) bond motifs is 1. The van der Waals surface area contributed by atoms with Gasteiger partial charge in [-0.3, -0.25) is 4.79 Å². The van der Waals surface area contributed by atoms with Crippen LogP contribution in [0.1, 0.15) is 15.9 Å². The van der Waals surface area contributed by atoms with Crippen molar-refractivity contribution in [3.63, 3.8) is 0 Å². The number of rotatable bonds is 2. The van der Waals surface area contributed by atoms with Crippen LogP contribution < -0.4 is 0 Å². The standard InChI is InChI=1S/C13H8Cl2N2O3S/c14-11-6-5-8(12(15)16-11)7-17-13(18)9-3-1-2-4-10(9)21(17,19)20/h1-6H,7H2. The van der Waals surface area contributed by atoms with Crippen LogP contribution >= 0.6 is 23.2 Å². The topological polar surface area (TPSA) is 67.3 Å². The fraction of sp³-hybridized carbons (Fsp3) is 0.0769. The highest BCUT2D eigenvalue weighted by Gasteiger charge is 2.40. The fourth-order valence-corrected chi connectivity index (χ4v) is 4.05. The lowest BCUT2D eigenvalue weighted by atomic mass is 10.2. The molecule has 2 heterocycles. The van der Waals surface area contributed by atoms with Crippen LogP contribution in [-0.4, -0.2) is 23.6 Å². The van der Waals surface area contributed by atoms with Gasteiger partial charge in [0.25, 0.3) is 15.9 Å².